The summed E-state index contributed by atoms with van der Waals surface area (Å²) in [5.41, 5.74) is 0. The molecule has 0 aromatic heterocycles. The van der Waals surface area contributed by atoms with Crippen LogP contribution in [0.4, 0.5) is 0 Å². The molecule has 1 saturated carbocycles. The summed E-state index contributed by atoms with van der Waals surface area (Å²) >= 11 is 4.34. The van der Waals surface area contributed by atoms with Crippen molar-refractivity contribution in [3.05, 3.63) is 0 Å². The van der Waals surface area contributed by atoms with Crippen LogP contribution in [0, 0.1) is 11.8 Å². The highest BCUT2D eigenvalue weighted by Gasteiger charge is 2.16. The highest BCUT2D eigenvalue weighted by Crippen LogP contribution is 2.29. The lowest BCUT2D eigenvalue weighted by Crippen LogP contribution is -2.16. The van der Waals surface area contributed by atoms with E-state index in [-0.39, 0.29) is 0 Å². The van der Waals surface area contributed by atoms with Crippen molar-refractivity contribution in [2.45, 2.75) is 45.4 Å². The van der Waals surface area contributed by atoms with Crippen LogP contribution < -0.4 is 0 Å². The molecule has 0 amide bonds. The van der Waals surface area contributed by atoms with Gasteiger partial charge in [-0.15, -0.1) is 0 Å². The van der Waals surface area contributed by atoms with E-state index in [4.69, 9.17) is 4.74 Å². The van der Waals surface area contributed by atoms with Crippen LogP contribution in [0.5, 0.6) is 0 Å². The first-order valence-corrected chi connectivity index (χ1v) is 6.68. The topological polar surface area (TPSA) is 9.23 Å². The van der Waals surface area contributed by atoms with Crippen LogP contribution in [0.3, 0.4) is 0 Å². The molecule has 0 radical (unpaired) electrons. The van der Waals surface area contributed by atoms with Crippen molar-refractivity contribution in [3.63, 3.8) is 0 Å². The maximum atomic E-state index is 5.70. The van der Waals surface area contributed by atoms with Crippen molar-refractivity contribution in [2.75, 3.05) is 19.0 Å². The van der Waals surface area contributed by atoms with Gasteiger partial charge in [-0.1, -0.05) is 32.6 Å². The first-order chi connectivity index (χ1) is 6.86. The number of rotatable bonds is 8. The first kappa shape index (κ1) is 12.4. The molecule has 0 aromatic rings. The van der Waals surface area contributed by atoms with Crippen LogP contribution >= 0.6 is 12.6 Å². The van der Waals surface area contributed by atoms with Crippen LogP contribution in [0.2, 0.25) is 0 Å². The lowest BCUT2D eigenvalue weighted by Gasteiger charge is -2.25. The summed E-state index contributed by atoms with van der Waals surface area (Å²) in [6, 6.07) is 0. The zero-order valence-electron chi connectivity index (χ0n) is 9.37. The summed E-state index contributed by atoms with van der Waals surface area (Å²) in [6.45, 7) is 4.12. The van der Waals surface area contributed by atoms with Gasteiger partial charge in [0.1, 0.15) is 0 Å². The van der Waals surface area contributed by atoms with Crippen LogP contribution in [0.15, 0.2) is 0 Å². The molecule has 0 saturated heterocycles. The van der Waals surface area contributed by atoms with E-state index in [1.165, 1.54) is 38.5 Å². The predicted molar refractivity (Wildman–Crippen MR) is 65.0 cm³/mol. The highest BCUT2D eigenvalue weighted by atomic mass is 32.1. The zero-order chi connectivity index (χ0) is 10.2. The van der Waals surface area contributed by atoms with E-state index in [0.29, 0.717) is 5.92 Å². The summed E-state index contributed by atoms with van der Waals surface area (Å²) < 4.78 is 5.70. The molecule has 2 heteroatoms. The molecular formula is C12H24OS. The highest BCUT2D eigenvalue weighted by molar-refractivity contribution is 7.80. The quantitative estimate of drug-likeness (QED) is 0.482. The molecule has 0 bridgehead atoms. The van der Waals surface area contributed by atoms with Crippen LogP contribution in [-0.2, 0) is 4.74 Å². The molecule has 0 spiro atoms. The van der Waals surface area contributed by atoms with Crippen LogP contribution in [0.1, 0.15) is 45.4 Å². The Balaban J connectivity index is 1.89. The van der Waals surface area contributed by atoms with Gasteiger partial charge < -0.3 is 4.74 Å². The Kier molecular flexibility index (Phi) is 6.70. The van der Waals surface area contributed by atoms with Gasteiger partial charge >= 0.3 is 0 Å². The van der Waals surface area contributed by atoms with Gasteiger partial charge in [0.25, 0.3) is 0 Å². The number of hydrogen-bond donors (Lipinski definition) is 1. The average molecular weight is 216 g/mol. The Hall–Kier alpha value is 0.310. The molecule has 1 atom stereocenters. The molecule has 0 aromatic carbocycles. The molecule has 1 unspecified atom stereocenters. The Bertz CT molecular complexity index is 134. The lowest BCUT2D eigenvalue weighted by atomic mass is 9.83. The van der Waals surface area contributed by atoms with Gasteiger partial charge in [-0.25, -0.2) is 0 Å². The largest absolute Gasteiger partial charge is 0.381 e. The third kappa shape index (κ3) is 4.70. The van der Waals surface area contributed by atoms with Gasteiger partial charge in [0.2, 0.25) is 0 Å². The van der Waals surface area contributed by atoms with Gasteiger partial charge in [-0.3, -0.25) is 0 Å². The Morgan fingerprint density at radius 1 is 1.43 bits per heavy atom. The van der Waals surface area contributed by atoms with Gasteiger partial charge in [-0.05, 0) is 30.4 Å². The molecule has 0 N–H and O–H groups in total. The Morgan fingerprint density at radius 3 is 2.71 bits per heavy atom. The smallest absolute Gasteiger partial charge is 0.0502 e. The fraction of sp³-hybridized carbons (Fsp3) is 1.00. The Morgan fingerprint density at radius 2 is 2.21 bits per heavy atom. The standard InChI is InChI=1S/C12H24OS/c1-2-4-12(10-14)9-13-8-7-11-5-3-6-11/h11-12,14H,2-10H2,1H3. The molecule has 84 valence electrons. The molecule has 1 aliphatic carbocycles. The third-order valence-electron chi connectivity index (χ3n) is 3.20. The van der Waals surface area contributed by atoms with Crippen LogP contribution in [0.25, 0.3) is 0 Å². The van der Waals surface area contributed by atoms with Gasteiger partial charge in [0, 0.05) is 6.61 Å². The summed E-state index contributed by atoms with van der Waals surface area (Å²) in [7, 11) is 0. The second kappa shape index (κ2) is 7.58. The minimum absolute atomic E-state index is 0.671. The summed E-state index contributed by atoms with van der Waals surface area (Å²) in [6.07, 6.45) is 8.11. The van der Waals surface area contributed by atoms with E-state index in [9.17, 15) is 0 Å². The molecule has 0 heterocycles. The van der Waals surface area contributed by atoms with E-state index >= 15 is 0 Å². The van der Waals surface area contributed by atoms with Crippen molar-refractivity contribution >= 4 is 12.6 Å². The SMILES string of the molecule is CCCC(CS)COCCC1CCC1. The first-order valence-electron chi connectivity index (χ1n) is 6.05. The maximum absolute atomic E-state index is 5.70. The monoisotopic (exact) mass is 216 g/mol. The minimum Gasteiger partial charge on any atom is -0.381 e. The average Bonchev–Trinajstić information content (AvgIpc) is 2.13. The van der Waals surface area contributed by atoms with Crippen LogP contribution in [-0.4, -0.2) is 19.0 Å². The van der Waals surface area contributed by atoms with Gasteiger partial charge in [-0.2, -0.15) is 12.6 Å². The normalized spacial score (nSPS) is 19.3. The maximum Gasteiger partial charge on any atom is 0.0502 e. The fourth-order valence-corrected chi connectivity index (χ4v) is 2.21. The lowest BCUT2D eigenvalue weighted by molar-refractivity contribution is 0.0822. The second-order valence-corrected chi connectivity index (χ2v) is 4.86. The summed E-state index contributed by atoms with van der Waals surface area (Å²) in [5, 5.41) is 0. The number of hydrogen-bond acceptors (Lipinski definition) is 2. The molecule has 0 aliphatic heterocycles. The van der Waals surface area contributed by atoms with E-state index in [1.807, 2.05) is 0 Å². The van der Waals surface area contributed by atoms with Crippen molar-refractivity contribution in [3.8, 4) is 0 Å². The summed E-state index contributed by atoms with van der Waals surface area (Å²) in [5.74, 6) is 2.62. The molecule has 1 nitrogen and oxygen atoms in total. The molecule has 1 fully saturated rings. The van der Waals surface area contributed by atoms with E-state index < -0.39 is 0 Å². The molecule has 1 aliphatic rings. The number of thiol groups is 1. The minimum atomic E-state index is 0.671. The zero-order valence-corrected chi connectivity index (χ0v) is 10.3. The van der Waals surface area contributed by atoms with E-state index in [2.05, 4.69) is 19.6 Å². The molecule has 14 heavy (non-hydrogen) atoms. The number of ether oxygens (including phenoxy) is 1. The van der Waals surface area contributed by atoms with E-state index in [0.717, 1.165) is 24.9 Å². The molecular weight excluding hydrogens is 192 g/mol. The fourth-order valence-electron chi connectivity index (χ4n) is 1.92. The van der Waals surface area contributed by atoms with E-state index in [1.54, 1.807) is 0 Å². The summed E-state index contributed by atoms with van der Waals surface area (Å²) in [4.78, 5) is 0. The van der Waals surface area contributed by atoms with Gasteiger partial charge in [0.15, 0.2) is 0 Å². The van der Waals surface area contributed by atoms with Crippen molar-refractivity contribution < 1.29 is 4.74 Å². The molecule has 1 rings (SSSR count). The van der Waals surface area contributed by atoms with Crippen molar-refractivity contribution in [1.82, 2.24) is 0 Å². The Labute approximate surface area is 94.0 Å². The second-order valence-electron chi connectivity index (χ2n) is 4.50. The van der Waals surface area contributed by atoms with Gasteiger partial charge in [0.05, 0.1) is 6.61 Å². The third-order valence-corrected chi connectivity index (χ3v) is 3.72. The van der Waals surface area contributed by atoms with Crippen molar-refractivity contribution in [2.24, 2.45) is 11.8 Å². The van der Waals surface area contributed by atoms with Crippen molar-refractivity contribution in [1.29, 1.82) is 0 Å². The predicted octanol–water partition coefficient (Wildman–Crippen LogP) is 3.54.